The predicted molar refractivity (Wildman–Crippen MR) is 44.0 cm³/mol. The lowest BCUT2D eigenvalue weighted by atomic mass is 9.96. The van der Waals surface area contributed by atoms with Crippen molar-refractivity contribution in [3.8, 4) is 0 Å². The molecule has 0 saturated heterocycles. The van der Waals surface area contributed by atoms with Crippen LogP contribution in [0.2, 0.25) is 0 Å². The van der Waals surface area contributed by atoms with Crippen LogP contribution in [0.4, 0.5) is 0 Å². The Balaban J connectivity index is 2.55. The van der Waals surface area contributed by atoms with E-state index in [0.717, 1.165) is 12.8 Å². The van der Waals surface area contributed by atoms with Gasteiger partial charge >= 0.3 is 0 Å². The number of hydrogen-bond donors (Lipinski definition) is 0. The molecule has 0 bridgehead atoms. The monoisotopic (exact) mass is 156 g/mol. The topological polar surface area (TPSA) is 18.5 Å². The number of ether oxygens (including phenoxy) is 2. The highest BCUT2D eigenvalue weighted by atomic mass is 16.7. The van der Waals surface area contributed by atoms with Gasteiger partial charge in [0, 0.05) is 13.0 Å². The molecule has 0 N–H and O–H groups in total. The van der Waals surface area contributed by atoms with E-state index < -0.39 is 0 Å². The van der Waals surface area contributed by atoms with Crippen LogP contribution in [0.25, 0.3) is 0 Å². The van der Waals surface area contributed by atoms with Crippen molar-refractivity contribution in [1.82, 2.24) is 0 Å². The lowest BCUT2D eigenvalue weighted by molar-refractivity contribution is -0.128. The van der Waals surface area contributed by atoms with Crippen LogP contribution in [0.5, 0.6) is 0 Å². The minimum atomic E-state index is -0.0244. The van der Waals surface area contributed by atoms with Gasteiger partial charge in [0.05, 0.1) is 6.26 Å². The van der Waals surface area contributed by atoms with E-state index >= 15 is 0 Å². The summed E-state index contributed by atoms with van der Waals surface area (Å²) in [7, 11) is 1.70. The van der Waals surface area contributed by atoms with E-state index in [-0.39, 0.29) is 6.29 Å². The second-order valence-electron chi connectivity index (χ2n) is 3.08. The smallest absolute Gasteiger partial charge is 0.201 e. The van der Waals surface area contributed by atoms with Crippen LogP contribution in [0.3, 0.4) is 0 Å². The Morgan fingerprint density at radius 1 is 1.73 bits per heavy atom. The standard InChI is InChI=1S/C9H16O2/c1-4-8-5-7(2)6-11-9(8)10-3/h6,8-9H,4-5H2,1-3H3. The number of methoxy groups -OCH3 is 1. The number of rotatable bonds is 2. The van der Waals surface area contributed by atoms with Crippen molar-refractivity contribution in [3.63, 3.8) is 0 Å². The fourth-order valence-electron chi connectivity index (χ4n) is 1.44. The molecule has 0 saturated carbocycles. The fourth-order valence-corrected chi connectivity index (χ4v) is 1.44. The van der Waals surface area contributed by atoms with Gasteiger partial charge in [-0.15, -0.1) is 0 Å². The van der Waals surface area contributed by atoms with Crippen molar-refractivity contribution in [2.75, 3.05) is 7.11 Å². The summed E-state index contributed by atoms with van der Waals surface area (Å²) in [5.41, 5.74) is 1.31. The molecule has 2 atom stereocenters. The van der Waals surface area contributed by atoms with Gasteiger partial charge in [-0.3, -0.25) is 0 Å². The highest BCUT2D eigenvalue weighted by Crippen LogP contribution is 2.26. The molecular formula is C9H16O2. The first kappa shape index (κ1) is 8.60. The Kier molecular flexibility index (Phi) is 2.94. The number of hydrogen-bond acceptors (Lipinski definition) is 2. The van der Waals surface area contributed by atoms with Gasteiger partial charge < -0.3 is 9.47 Å². The second-order valence-corrected chi connectivity index (χ2v) is 3.08. The molecule has 0 amide bonds. The van der Waals surface area contributed by atoms with Crippen LogP contribution in [-0.4, -0.2) is 13.4 Å². The molecule has 1 aliphatic rings. The first-order valence-corrected chi connectivity index (χ1v) is 4.11. The molecule has 0 fully saturated rings. The van der Waals surface area contributed by atoms with Crippen LogP contribution >= 0.6 is 0 Å². The van der Waals surface area contributed by atoms with Crippen molar-refractivity contribution in [2.45, 2.75) is 33.0 Å². The van der Waals surface area contributed by atoms with Gasteiger partial charge in [0.15, 0.2) is 0 Å². The Bertz CT molecular complexity index is 152. The van der Waals surface area contributed by atoms with E-state index in [1.807, 2.05) is 0 Å². The molecule has 0 aliphatic carbocycles. The van der Waals surface area contributed by atoms with Crippen molar-refractivity contribution in [3.05, 3.63) is 11.8 Å². The molecule has 0 aromatic heterocycles. The average molecular weight is 156 g/mol. The van der Waals surface area contributed by atoms with Gasteiger partial charge in [-0.1, -0.05) is 6.92 Å². The average Bonchev–Trinajstić information content (AvgIpc) is 2.04. The molecule has 2 nitrogen and oxygen atoms in total. The van der Waals surface area contributed by atoms with E-state index in [4.69, 9.17) is 9.47 Å². The molecule has 0 radical (unpaired) electrons. The van der Waals surface area contributed by atoms with Crippen molar-refractivity contribution in [1.29, 1.82) is 0 Å². The SMILES string of the molecule is CCC1CC(C)=COC1OC. The lowest BCUT2D eigenvalue weighted by Gasteiger charge is -2.28. The zero-order valence-corrected chi connectivity index (χ0v) is 7.46. The van der Waals surface area contributed by atoms with Crippen LogP contribution in [-0.2, 0) is 9.47 Å². The quantitative estimate of drug-likeness (QED) is 0.610. The second kappa shape index (κ2) is 3.77. The maximum atomic E-state index is 5.36. The van der Waals surface area contributed by atoms with Crippen molar-refractivity contribution < 1.29 is 9.47 Å². The normalized spacial score (nSPS) is 31.0. The molecule has 0 aromatic carbocycles. The Morgan fingerprint density at radius 3 is 3.00 bits per heavy atom. The number of allylic oxidation sites excluding steroid dienone is 1. The zero-order valence-electron chi connectivity index (χ0n) is 7.46. The Labute approximate surface area is 68.2 Å². The summed E-state index contributed by atoms with van der Waals surface area (Å²) in [6.07, 6.45) is 4.00. The third kappa shape index (κ3) is 1.96. The zero-order chi connectivity index (χ0) is 8.27. The van der Waals surface area contributed by atoms with E-state index in [0.29, 0.717) is 5.92 Å². The van der Waals surface area contributed by atoms with Crippen LogP contribution in [0, 0.1) is 5.92 Å². The molecule has 2 unspecified atom stereocenters. The lowest BCUT2D eigenvalue weighted by Crippen LogP contribution is -2.27. The summed E-state index contributed by atoms with van der Waals surface area (Å²) in [6.45, 7) is 4.26. The fraction of sp³-hybridized carbons (Fsp3) is 0.778. The highest BCUT2D eigenvalue weighted by Gasteiger charge is 2.23. The van der Waals surface area contributed by atoms with Crippen molar-refractivity contribution >= 4 is 0 Å². The summed E-state index contributed by atoms with van der Waals surface area (Å²) in [5, 5.41) is 0. The van der Waals surface area contributed by atoms with Crippen LogP contribution in [0.1, 0.15) is 26.7 Å². The van der Waals surface area contributed by atoms with Gasteiger partial charge in [0.1, 0.15) is 0 Å². The van der Waals surface area contributed by atoms with E-state index in [1.54, 1.807) is 13.4 Å². The molecule has 2 heteroatoms. The molecule has 1 aliphatic heterocycles. The first-order chi connectivity index (χ1) is 5.27. The van der Waals surface area contributed by atoms with Gasteiger partial charge in [-0.2, -0.15) is 0 Å². The van der Waals surface area contributed by atoms with Gasteiger partial charge in [-0.05, 0) is 25.3 Å². The van der Waals surface area contributed by atoms with E-state index in [1.165, 1.54) is 5.57 Å². The molecule has 64 valence electrons. The van der Waals surface area contributed by atoms with Gasteiger partial charge in [0.2, 0.25) is 6.29 Å². The Morgan fingerprint density at radius 2 is 2.45 bits per heavy atom. The van der Waals surface area contributed by atoms with E-state index in [2.05, 4.69) is 13.8 Å². The third-order valence-electron chi connectivity index (χ3n) is 2.13. The maximum Gasteiger partial charge on any atom is 0.201 e. The molecule has 0 spiro atoms. The van der Waals surface area contributed by atoms with Crippen LogP contribution < -0.4 is 0 Å². The summed E-state index contributed by atoms with van der Waals surface area (Å²) >= 11 is 0. The largest absolute Gasteiger partial charge is 0.472 e. The minimum Gasteiger partial charge on any atom is -0.472 e. The predicted octanol–water partition coefficient (Wildman–Crippen LogP) is 2.31. The maximum absolute atomic E-state index is 5.36. The minimum absolute atomic E-state index is 0.0244. The van der Waals surface area contributed by atoms with E-state index in [9.17, 15) is 0 Å². The summed E-state index contributed by atoms with van der Waals surface area (Å²) in [5.74, 6) is 0.532. The molecule has 11 heavy (non-hydrogen) atoms. The first-order valence-electron chi connectivity index (χ1n) is 4.11. The third-order valence-corrected chi connectivity index (χ3v) is 2.13. The van der Waals surface area contributed by atoms with Crippen molar-refractivity contribution in [2.24, 2.45) is 5.92 Å². The van der Waals surface area contributed by atoms with Gasteiger partial charge in [-0.25, -0.2) is 0 Å². The van der Waals surface area contributed by atoms with Gasteiger partial charge in [0.25, 0.3) is 0 Å². The Hall–Kier alpha value is -0.500. The summed E-state index contributed by atoms with van der Waals surface area (Å²) < 4.78 is 10.5. The molecule has 1 rings (SSSR count). The summed E-state index contributed by atoms with van der Waals surface area (Å²) in [6, 6.07) is 0. The molecule has 0 aromatic rings. The van der Waals surface area contributed by atoms with Crippen LogP contribution in [0.15, 0.2) is 11.8 Å². The highest BCUT2D eigenvalue weighted by molar-refractivity contribution is 4.98. The molecular weight excluding hydrogens is 140 g/mol. The summed E-state index contributed by atoms with van der Waals surface area (Å²) in [4.78, 5) is 0. The molecule has 1 heterocycles.